The quantitative estimate of drug-likeness (QED) is 0.865. The van der Waals surface area contributed by atoms with Gasteiger partial charge in [0.2, 0.25) is 0 Å². The fraction of sp³-hybridized carbons (Fsp3) is 0.625. The first-order chi connectivity index (χ1) is 9.60. The van der Waals surface area contributed by atoms with E-state index in [2.05, 4.69) is 57.3 Å². The van der Waals surface area contributed by atoms with Crippen molar-refractivity contribution in [3.63, 3.8) is 0 Å². The molecule has 0 aliphatic carbocycles. The number of nitrogens with one attached hydrogen (secondary N) is 1. The molecule has 0 saturated carbocycles. The Kier molecular flexibility index (Phi) is 6.02. The maximum absolute atomic E-state index is 9.78. The summed E-state index contributed by atoms with van der Waals surface area (Å²) in [5.74, 6) is 0.391. The van der Waals surface area contributed by atoms with Gasteiger partial charge in [0, 0.05) is 23.6 Å². The third-order valence-corrected chi connectivity index (χ3v) is 4.77. The lowest BCUT2D eigenvalue weighted by Crippen LogP contribution is -2.42. The van der Waals surface area contributed by atoms with E-state index in [-0.39, 0.29) is 6.10 Å². The monoisotopic (exact) mass is 340 g/mol. The van der Waals surface area contributed by atoms with E-state index in [1.165, 1.54) is 5.56 Å². The molecule has 3 unspecified atom stereocenters. The van der Waals surface area contributed by atoms with Crippen LogP contribution >= 0.6 is 15.9 Å². The SMILES string of the molecule is CNC(CCN1CCC(O)C(C)C1)c1cccc(Br)c1. The molecule has 0 radical (unpaired) electrons. The number of halogens is 1. The van der Waals surface area contributed by atoms with Gasteiger partial charge in [0.25, 0.3) is 0 Å². The molecular formula is C16H25BrN2O. The maximum Gasteiger partial charge on any atom is 0.0590 e. The van der Waals surface area contributed by atoms with Crippen molar-refractivity contribution in [2.75, 3.05) is 26.7 Å². The van der Waals surface area contributed by atoms with Crippen LogP contribution in [-0.2, 0) is 0 Å². The zero-order valence-corrected chi connectivity index (χ0v) is 13.9. The number of likely N-dealkylation sites (tertiary alicyclic amines) is 1. The fourth-order valence-corrected chi connectivity index (χ4v) is 3.35. The van der Waals surface area contributed by atoms with Gasteiger partial charge in [0.1, 0.15) is 0 Å². The Hall–Kier alpha value is -0.420. The zero-order valence-electron chi connectivity index (χ0n) is 12.3. The molecule has 0 amide bonds. The number of aliphatic hydroxyl groups is 1. The van der Waals surface area contributed by atoms with Crippen LogP contribution in [0.15, 0.2) is 28.7 Å². The Morgan fingerprint density at radius 2 is 2.30 bits per heavy atom. The van der Waals surface area contributed by atoms with Crippen LogP contribution in [0, 0.1) is 5.92 Å². The average molecular weight is 341 g/mol. The summed E-state index contributed by atoms with van der Waals surface area (Å²) in [6.45, 7) is 5.24. The standard InChI is InChI=1S/C16H25BrN2O/c1-12-11-19(9-7-16(12)20)8-6-15(18-2)13-4-3-5-14(17)10-13/h3-5,10,12,15-16,18,20H,6-9,11H2,1-2H3. The topological polar surface area (TPSA) is 35.5 Å². The number of rotatable bonds is 5. The molecule has 4 heteroatoms. The zero-order chi connectivity index (χ0) is 14.5. The molecule has 3 atom stereocenters. The largest absolute Gasteiger partial charge is 0.393 e. The lowest BCUT2D eigenvalue weighted by molar-refractivity contribution is 0.0338. The van der Waals surface area contributed by atoms with E-state index in [0.29, 0.717) is 12.0 Å². The van der Waals surface area contributed by atoms with E-state index in [9.17, 15) is 5.11 Å². The van der Waals surface area contributed by atoms with Crippen LogP contribution in [0.5, 0.6) is 0 Å². The summed E-state index contributed by atoms with van der Waals surface area (Å²) in [5.41, 5.74) is 1.33. The van der Waals surface area contributed by atoms with Crippen LogP contribution in [0.25, 0.3) is 0 Å². The van der Waals surface area contributed by atoms with E-state index >= 15 is 0 Å². The van der Waals surface area contributed by atoms with E-state index < -0.39 is 0 Å². The number of benzene rings is 1. The predicted molar refractivity (Wildman–Crippen MR) is 86.8 cm³/mol. The molecule has 1 fully saturated rings. The summed E-state index contributed by atoms with van der Waals surface area (Å²) in [5, 5.41) is 13.2. The molecule has 2 N–H and O–H groups in total. The van der Waals surface area contributed by atoms with Crippen molar-refractivity contribution in [3.05, 3.63) is 34.3 Å². The molecule has 0 bridgehead atoms. The van der Waals surface area contributed by atoms with Crippen molar-refractivity contribution >= 4 is 15.9 Å². The second-order valence-corrected chi connectivity index (χ2v) is 6.73. The minimum atomic E-state index is -0.114. The summed E-state index contributed by atoms with van der Waals surface area (Å²) >= 11 is 3.54. The van der Waals surface area contributed by atoms with Gasteiger partial charge in [-0.3, -0.25) is 0 Å². The molecule has 1 aliphatic heterocycles. The van der Waals surface area contributed by atoms with Crippen molar-refractivity contribution in [1.82, 2.24) is 10.2 Å². The molecule has 0 aromatic heterocycles. The summed E-state index contributed by atoms with van der Waals surface area (Å²) in [4.78, 5) is 2.47. The normalized spacial score (nSPS) is 25.6. The van der Waals surface area contributed by atoms with Gasteiger partial charge in [-0.05, 0) is 50.0 Å². The van der Waals surface area contributed by atoms with Gasteiger partial charge < -0.3 is 15.3 Å². The molecule has 1 aromatic rings. The van der Waals surface area contributed by atoms with Gasteiger partial charge in [-0.25, -0.2) is 0 Å². The molecule has 1 aromatic carbocycles. The fourth-order valence-electron chi connectivity index (χ4n) is 2.94. The van der Waals surface area contributed by atoms with E-state index in [0.717, 1.165) is 36.9 Å². The summed E-state index contributed by atoms with van der Waals surface area (Å²) in [6, 6.07) is 8.89. The summed E-state index contributed by atoms with van der Waals surface area (Å²) in [7, 11) is 2.02. The van der Waals surface area contributed by atoms with Gasteiger partial charge in [-0.2, -0.15) is 0 Å². The molecule has 1 heterocycles. The van der Waals surface area contributed by atoms with Crippen molar-refractivity contribution < 1.29 is 5.11 Å². The number of aliphatic hydroxyl groups excluding tert-OH is 1. The smallest absolute Gasteiger partial charge is 0.0590 e. The Balaban J connectivity index is 1.88. The van der Waals surface area contributed by atoms with Gasteiger partial charge in [0.05, 0.1) is 6.10 Å². The highest BCUT2D eigenvalue weighted by Gasteiger charge is 2.24. The Morgan fingerprint density at radius 3 is 2.95 bits per heavy atom. The highest BCUT2D eigenvalue weighted by Crippen LogP contribution is 2.22. The van der Waals surface area contributed by atoms with Gasteiger partial charge in [0.15, 0.2) is 0 Å². The van der Waals surface area contributed by atoms with Gasteiger partial charge >= 0.3 is 0 Å². The number of nitrogens with zero attached hydrogens (tertiary/aromatic N) is 1. The van der Waals surface area contributed by atoms with Crippen molar-refractivity contribution in [2.45, 2.75) is 31.9 Å². The molecule has 0 spiro atoms. The summed E-state index contributed by atoms with van der Waals surface area (Å²) < 4.78 is 1.13. The van der Waals surface area contributed by atoms with Crippen LogP contribution < -0.4 is 5.32 Å². The molecule has 1 aliphatic rings. The van der Waals surface area contributed by atoms with Crippen molar-refractivity contribution in [2.24, 2.45) is 5.92 Å². The Bertz CT molecular complexity index is 427. The molecular weight excluding hydrogens is 316 g/mol. The third-order valence-electron chi connectivity index (χ3n) is 4.28. The first-order valence-corrected chi connectivity index (χ1v) is 8.22. The second-order valence-electron chi connectivity index (χ2n) is 5.82. The van der Waals surface area contributed by atoms with Gasteiger partial charge in [-0.15, -0.1) is 0 Å². The van der Waals surface area contributed by atoms with Gasteiger partial charge in [-0.1, -0.05) is 35.0 Å². The number of piperidine rings is 1. The van der Waals surface area contributed by atoms with Crippen LogP contribution in [0.2, 0.25) is 0 Å². The molecule has 2 rings (SSSR count). The molecule has 20 heavy (non-hydrogen) atoms. The average Bonchev–Trinajstić information content (AvgIpc) is 2.43. The van der Waals surface area contributed by atoms with Crippen LogP contribution in [0.1, 0.15) is 31.4 Å². The predicted octanol–water partition coefficient (Wildman–Crippen LogP) is 2.80. The van der Waals surface area contributed by atoms with Crippen LogP contribution in [0.3, 0.4) is 0 Å². The lowest BCUT2D eigenvalue weighted by Gasteiger charge is -2.35. The first-order valence-electron chi connectivity index (χ1n) is 7.43. The number of hydrogen-bond acceptors (Lipinski definition) is 3. The summed E-state index contributed by atoms with van der Waals surface area (Å²) in [6.07, 6.45) is 1.88. The number of hydrogen-bond donors (Lipinski definition) is 2. The second kappa shape index (κ2) is 7.55. The molecule has 1 saturated heterocycles. The van der Waals surface area contributed by atoms with E-state index in [4.69, 9.17) is 0 Å². The molecule has 3 nitrogen and oxygen atoms in total. The Labute approximate surface area is 130 Å². The minimum absolute atomic E-state index is 0.114. The maximum atomic E-state index is 9.78. The third kappa shape index (κ3) is 4.29. The van der Waals surface area contributed by atoms with Crippen LogP contribution in [-0.4, -0.2) is 42.8 Å². The molecule has 112 valence electrons. The highest BCUT2D eigenvalue weighted by atomic mass is 79.9. The van der Waals surface area contributed by atoms with Crippen molar-refractivity contribution in [1.29, 1.82) is 0 Å². The first kappa shape index (κ1) is 16.0. The van der Waals surface area contributed by atoms with E-state index in [1.54, 1.807) is 0 Å². The lowest BCUT2D eigenvalue weighted by atomic mass is 9.96. The highest BCUT2D eigenvalue weighted by molar-refractivity contribution is 9.10. The van der Waals surface area contributed by atoms with E-state index in [1.807, 2.05) is 7.05 Å². The Morgan fingerprint density at radius 1 is 1.50 bits per heavy atom. The van der Waals surface area contributed by atoms with Crippen molar-refractivity contribution in [3.8, 4) is 0 Å². The van der Waals surface area contributed by atoms with Crippen LogP contribution in [0.4, 0.5) is 0 Å². The minimum Gasteiger partial charge on any atom is -0.393 e.